The largest absolute Gasteiger partial charge is 0.462 e. The maximum Gasteiger partial charge on any atom is 0.338 e. The first-order valence-corrected chi connectivity index (χ1v) is 6.81. The van der Waals surface area contributed by atoms with Gasteiger partial charge in [-0.3, -0.25) is 0 Å². The number of amides is 2. The Morgan fingerprint density at radius 3 is 2.65 bits per heavy atom. The third-order valence-electron chi connectivity index (χ3n) is 3.00. The fraction of sp³-hybridized carbons (Fsp3) is 0.467. The summed E-state index contributed by atoms with van der Waals surface area (Å²) in [6, 6.07) is 5.36. The van der Waals surface area contributed by atoms with Crippen LogP contribution in [0.25, 0.3) is 0 Å². The van der Waals surface area contributed by atoms with Crippen molar-refractivity contribution in [2.24, 2.45) is 0 Å². The molecule has 1 rings (SSSR count). The Balaban J connectivity index is 2.30. The molecule has 0 radical (unpaired) electrons. The van der Waals surface area contributed by atoms with E-state index in [1.165, 1.54) is 0 Å². The number of esters is 1. The highest BCUT2D eigenvalue weighted by Gasteiger charge is 2.11. The van der Waals surface area contributed by atoms with E-state index in [4.69, 9.17) is 4.74 Å². The predicted molar refractivity (Wildman–Crippen MR) is 77.9 cm³/mol. The summed E-state index contributed by atoms with van der Waals surface area (Å²) in [6.07, 6.45) is 0.591. The van der Waals surface area contributed by atoms with Crippen molar-refractivity contribution in [2.45, 2.75) is 27.2 Å². The molecule has 0 saturated carbocycles. The summed E-state index contributed by atoms with van der Waals surface area (Å²) in [5.41, 5.74) is 2.61. The molecule has 0 heterocycles. The van der Waals surface area contributed by atoms with Crippen LogP contribution >= 0.6 is 0 Å². The Bertz CT molecular complexity index is 472. The van der Waals surface area contributed by atoms with Gasteiger partial charge in [0.2, 0.25) is 0 Å². The number of benzene rings is 1. The van der Waals surface area contributed by atoms with Crippen LogP contribution < -0.4 is 10.6 Å². The van der Waals surface area contributed by atoms with E-state index in [1.807, 2.05) is 32.9 Å². The van der Waals surface area contributed by atoms with Gasteiger partial charge >= 0.3 is 12.0 Å². The molecule has 0 aliphatic heterocycles. The monoisotopic (exact) mass is 278 g/mol. The number of carbonyl (C=O) groups is 2. The number of hydrogen-bond donors (Lipinski definition) is 2. The third kappa shape index (κ3) is 4.91. The zero-order chi connectivity index (χ0) is 15.0. The van der Waals surface area contributed by atoms with E-state index in [0.29, 0.717) is 31.7 Å². The van der Waals surface area contributed by atoms with Crippen molar-refractivity contribution < 1.29 is 14.3 Å². The van der Waals surface area contributed by atoms with E-state index in [1.54, 1.807) is 6.07 Å². The molecule has 5 heteroatoms. The van der Waals surface area contributed by atoms with Gasteiger partial charge in [0, 0.05) is 13.1 Å². The van der Waals surface area contributed by atoms with Gasteiger partial charge in [-0.05, 0) is 44.4 Å². The lowest BCUT2D eigenvalue weighted by Crippen LogP contribution is -2.36. The summed E-state index contributed by atoms with van der Waals surface area (Å²) in [7, 11) is 0. The standard InChI is InChI=1S/C15H22N2O3/c1-4-16-15(19)17-9-6-10-20-14(18)13-8-5-7-11(2)12(13)3/h5,7-8H,4,6,9-10H2,1-3H3,(H2,16,17,19). The number of aryl methyl sites for hydroxylation is 1. The van der Waals surface area contributed by atoms with Crippen molar-refractivity contribution in [3.8, 4) is 0 Å². The quantitative estimate of drug-likeness (QED) is 0.619. The van der Waals surface area contributed by atoms with Gasteiger partial charge in [-0.25, -0.2) is 9.59 Å². The van der Waals surface area contributed by atoms with E-state index in [2.05, 4.69) is 10.6 Å². The van der Waals surface area contributed by atoms with Crippen molar-refractivity contribution in [3.05, 3.63) is 34.9 Å². The molecule has 0 atom stereocenters. The molecule has 110 valence electrons. The minimum Gasteiger partial charge on any atom is -0.462 e. The van der Waals surface area contributed by atoms with Crippen molar-refractivity contribution in [2.75, 3.05) is 19.7 Å². The van der Waals surface area contributed by atoms with Gasteiger partial charge in [0.05, 0.1) is 12.2 Å². The van der Waals surface area contributed by atoms with Gasteiger partial charge in [0.1, 0.15) is 0 Å². The Hall–Kier alpha value is -2.04. The Morgan fingerprint density at radius 1 is 1.20 bits per heavy atom. The smallest absolute Gasteiger partial charge is 0.338 e. The average molecular weight is 278 g/mol. The van der Waals surface area contributed by atoms with Crippen LogP contribution in [0.5, 0.6) is 0 Å². The van der Waals surface area contributed by atoms with E-state index in [0.717, 1.165) is 11.1 Å². The van der Waals surface area contributed by atoms with Crippen molar-refractivity contribution in [1.82, 2.24) is 10.6 Å². The summed E-state index contributed by atoms with van der Waals surface area (Å²) in [6.45, 7) is 7.08. The first-order valence-electron chi connectivity index (χ1n) is 6.81. The summed E-state index contributed by atoms with van der Waals surface area (Å²) >= 11 is 0. The second-order valence-corrected chi connectivity index (χ2v) is 4.52. The second kappa shape index (κ2) is 8.19. The highest BCUT2D eigenvalue weighted by Crippen LogP contribution is 2.13. The van der Waals surface area contributed by atoms with Crippen molar-refractivity contribution in [1.29, 1.82) is 0 Å². The highest BCUT2D eigenvalue weighted by molar-refractivity contribution is 5.91. The van der Waals surface area contributed by atoms with Crippen LogP contribution in [0.4, 0.5) is 4.79 Å². The number of carbonyl (C=O) groups excluding carboxylic acids is 2. The summed E-state index contributed by atoms with van der Waals surface area (Å²) < 4.78 is 5.20. The van der Waals surface area contributed by atoms with Gasteiger partial charge in [-0.15, -0.1) is 0 Å². The minimum atomic E-state index is -0.316. The predicted octanol–water partition coefficient (Wildman–Crippen LogP) is 2.17. The van der Waals surface area contributed by atoms with Crippen LogP contribution in [-0.2, 0) is 4.74 Å². The molecule has 0 saturated heterocycles. The van der Waals surface area contributed by atoms with E-state index in [-0.39, 0.29) is 12.0 Å². The molecule has 0 bridgehead atoms. The van der Waals surface area contributed by atoms with Crippen molar-refractivity contribution >= 4 is 12.0 Å². The number of urea groups is 1. The fourth-order valence-electron chi connectivity index (χ4n) is 1.71. The summed E-state index contributed by atoms with van der Waals surface area (Å²) in [4.78, 5) is 23.0. The first kappa shape index (κ1) is 16.0. The molecule has 2 N–H and O–H groups in total. The number of nitrogens with one attached hydrogen (secondary N) is 2. The van der Waals surface area contributed by atoms with E-state index in [9.17, 15) is 9.59 Å². The average Bonchev–Trinajstić information content (AvgIpc) is 2.41. The topological polar surface area (TPSA) is 67.4 Å². The minimum absolute atomic E-state index is 0.201. The Morgan fingerprint density at radius 2 is 1.95 bits per heavy atom. The third-order valence-corrected chi connectivity index (χ3v) is 3.00. The van der Waals surface area contributed by atoms with Crippen LogP contribution in [0.15, 0.2) is 18.2 Å². The second-order valence-electron chi connectivity index (χ2n) is 4.52. The molecule has 1 aromatic carbocycles. The van der Waals surface area contributed by atoms with Crippen LogP contribution in [0.2, 0.25) is 0 Å². The van der Waals surface area contributed by atoms with Crippen LogP contribution in [0.3, 0.4) is 0 Å². The molecule has 0 spiro atoms. The highest BCUT2D eigenvalue weighted by atomic mass is 16.5. The fourth-order valence-corrected chi connectivity index (χ4v) is 1.71. The van der Waals surface area contributed by atoms with E-state index >= 15 is 0 Å². The van der Waals surface area contributed by atoms with Crippen LogP contribution in [0, 0.1) is 13.8 Å². The number of ether oxygens (including phenoxy) is 1. The molecule has 20 heavy (non-hydrogen) atoms. The SMILES string of the molecule is CCNC(=O)NCCCOC(=O)c1cccc(C)c1C. The summed E-state index contributed by atoms with van der Waals surface area (Å²) in [5.74, 6) is -0.316. The maximum atomic E-state index is 11.9. The van der Waals surface area contributed by atoms with E-state index < -0.39 is 0 Å². The van der Waals surface area contributed by atoms with Crippen LogP contribution in [0.1, 0.15) is 34.8 Å². The molecule has 1 aromatic rings. The van der Waals surface area contributed by atoms with Crippen molar-refractivity contribution in [3.63, 3.8) is 0 Å². The molecule has 0 aliphatic carbocycles. The number of rotatable bonds is 6. The lowest BCUT2D eigenvalue weighted by Gasteiger charge is -2.09. The number of hydrogen-bond acceptors (Lipinski definition) is 3. The zero-order valence-corrected chi connectivity index (χ0v) is 12.3. The molecule has 2 amide bonds. The Labute approximate surface area is 119 Å². The zero-order valence-electron chi connectivity index (χ0n) is 12.3. The van der Waals surface area contributed by atoms with Gasteiger partial charge in [-0.2, -0.15) is 0 Å². The van der Waals surface area contributed by atoms with Gasteiger partial charge < -0.3 is 15.4 Å². The molecule has 5 nitrogen and oxygen atoms in total. The van der Waals surface area contributed by atoms with Crippen LogP contribution in [-0.4, -0.2) is 31.7 Å². The van der Waals surface area contributed by atoms with Gasteiger partial charge in [0.15, 0.2) is 0 Å². The summed E-state index contributed by atoms with van der Waals surface area (Å²) in [5, 5.41) is 5.30. The molecular weight excluding hydrogens is 256 g/mol. The maximum absolute atomic E-state index is 11.9. The molecule has 0 aliphatic rings. The Kier molecular flexibility index (Phi) is 6.56. The normalized spacial score (nSPS) is 9.95. The molecule has 0 fully saturated rings. The van der Waals surface area contributed by atoms with Gasteiger partial charge in [-0.1, -0.05) is 12.1 Å². The molecule has 0 aromatic heterocycles. The van der Waals surface area contributed by atoms with Gasteiger partial charge in [0.25, 0.3) is 0 Å². The molecule has 0 unspecified atom stereocenters. The lowest BCUT2D eigenvalue weighted by molar-refractivity contribution is 0.0500. The molecular formula is C15H22N2O3. The first-order chi connectivity index (χ1) is 9.56. The lowest BCUT2D eigenvalue weighted by atomic mass is 10.0.